The highest BCUT2D eigenvalue weighted by Crippen LogP contribution is 2.41. The van der Waals surface area contributed by atoms with Crippen LogP contribution in [0.4, 0.5) is 14.9 Å². The number of ether oxygens (including phenoxy) is 2. The van der Waals surface area contributed by atoms with Gasteiger partial charge in [0.05, 0.1) is 17.3 Å². The number of urea groups is 1. The Hall–Kier alpha value is -4.66. The van der Waals surface area contributed by atoms with Gasteiger partial charge in [-0.1, -0.05) is 41.1 Å². The summed E-state index contributed by atoms with van der Waals surface area (Å²) >= 11 is 0. The second-order valence-electron chi connectivity index (χ2n) is 8.89. The van der Waals surface area contributed by atoms with Crippen molar-refractivity contribution in [2.75, 3.05) is 18.1 Å². The van der Waals surface area contributed by atoms with Crippen LogP contribution in [0.1, 0.15) is 30.0 Å². The molecule has 1 atom stereocenters. The number of hydrogen-bond acceptors (Lipinski definition) is 6. The van der Waals surface area contributed by atoms with Crippen LogP contribution in [0.15, 0.2) is 77.0 Å². The third kappa shape index (κ3) is 4.18. The van der Waals surface area contributed by atoms with Crippen LogP contribution in [-0.2, 0) is 0 Å². The summed E-state index contributed by atoms with van der Waals surface area (Å²) in [5.74, 6) is 1.40. The predicted octanol–water partition coefficient (Wildman–Crippen LogP) is 5.66. The molecule has 4 aromatic rings. The van der Waals surface area contributed by atoms with E-state index in [4.69, 9.17) is 14.0 Å². The first-order valence-electron chi connectivity index (χ1n) is 11.9. The first-order chi connectivity index (χ1) is 18.0. The fraction of sp³-hybridized carbons (Fsp3) is 0.179. The molecule has 9 heteroatoms. The van der Waals surface area contributed by atoms with Gasteiger partial charge in [0.2, 0.25) is 5.82 Å². The minimum absolute atomic E-state index is 0.228. The number of amides is 2. The number of hydrogen-bond donors (Lipinski definition) is 1. The highest BCUT2D eigenvalue weighted by Gasteiger charge is 2.37. The number of nitrogens with one attached hydrogen (secondary N) is 1. The van der Waals surface area contributed by atoms with E-state index in [-0.39, 0.29) is 11.9 Å². The molecule has 8 nitrogen and oxygen atoms in total. The normalized spacial score (nSPS) is 17.1. The Kier molecular flexibility index (Phi) is 5.60. The zero-order valence-electron chi connectivity index (χ0n) is 20.2. The van der Waals surface area contributed by atoms with Crippen LogP contribution in [0.3, 0.4) is 0 Å². The van der Waals surface area contributed by atoms with Crippen molar-refractivity contribution in [1.82, 2.24) is 15.5 Å². The summed E-state index contributed by atoms with van der Waals surface area (Å²) in [7, 11) is 0. The molecule has 0 radical (unpaired) electrons. The molecule has 2 aliphatic rings. The lowest BCUT2D eigenvalue weighted by Gasteiger charge is -2.35. The number of nitrogens with zero attached hydrogens (tertiary/aromatic N) is 3. The molecule has 2 aliphatic heterocycles. The quantitative estimate of drug-likeness (QED) is 0.391. The number of aryl methyl sites for hydroxylation is 1. The van der Waals surface area contributed by atoms with Gasteiger partial charge in [0.25, 0.3) is 5.89 Å². The number of fused-ring (bicyclic) bond motifs is 1. The van der Waals surface area contributed by atoms with E-state index >= 15 is 0 Å². The molecule has 0 spiro atoms. The lowest BCUT2D eigenvalue weighted by Crippen LogP contribution is -2.46. The third-order valence-electron chi connectivity index (χ3n) is 6.38. The molecule has 3 heterocycles. The summed E-state index contributed by atoms with van der Waals surface area (Å²) in [6.07, 6.45) is 0. The van der Waals surface area contributed by atoms with Gasteiger partial charge in [-0.25, -0.2) is 9.18 Å². The molecule has 1 aromatic heterocycles. The van der Waals surface area contributed by atoms with E-state index in [0.29, 0.717) is 53.1 Å². The molecule has 0 saturated heterocycles. The summed E-state index contributed by atoms with van der Waals surface area (Å²) < 4.78 is 31.3. The van der Waals surface area contributed by atoms with Crippen molar-refractivity contribution >= 4 is 17.3 Å². The maximum Gasteiger partial charge on any atom is 0.327 e. The summed E-state index contributed by atoms with van der Waals surface area (Å²) in [5, 5.41) is 7.18. The number of aromatic nitrogens is 2. The Morgan fingerprint density at radius 1 is 0.973 bits per heavy atom. The van der Waals surface area contributed by atoms with Gasteiger partial charge < -0.3 is 19.3 Å². The second-order valence-corrected chi connectivity index (χ2v) is 8.89. The third-order valence-corrected chi connectivity index (χ3v) is 6.38. The van der Waals surface area contributed by atoms with Crippen LogP contribution in [0.2, 0.25) is 0 Å². The maximum atomic E-state index is 14.2. The van der Waals surface area contributed by atoms with E-state index in [0.717, 1.165) is 11.1 Å². The van der Waals surface area contributed by atoms with E-state index in [1.54, 1.807) is 37.3 Å². The molecule has 1 unspecified atom stereocenters. The summed E-state index contributed by atoms with van der Waals surface area (Å²) in [5.41, 5.74) is 4.12. The number of anilines is 1. The highest BCUT2D eigenvalue weighted by atomic mass is 19.1. The molecule has 37 heavy (non-hydrogen) atoms. The largest absolute Gasteiger partial charge is 0.486 e. The Labute approximate surface area is 212 Å². The van der Waals surface area contributed by atoms with Crippen LogP contribution in [0, 0.1) is 12.7 Å². The number of benzene rings is 3. The van der Waals surface area contributed by atoms with Gasteiger partial charge in [-0.05, 0) is 49.7 Å². The maximum absolute atomic E-state index is 14.2. The zero-order chi connectivity index (χ0) is 25.5. The molecule has 0 fully saturated rings. The van der Waals surface area contributed by atoms with E-state index in [1.165, 1.54) is 17.0 Å². The van der Waals surface area contributed by atoms with Gasteiger partial charge in [-0.3, -0.25) is 4.90 Å². The van der Waals surface area contributed by atoms with Crippen molar-refractivity contribution in [2.45, 2.75) is 19.9 Å². The van der Waals surface area contributed by atoms with Gasteiger partial charge in [-0.2, -0.15) is 4.98 Å². The molecular formula is C28H23FN4O4. The molecule has 0 saturated carbocycles. The minimum atomic E-state index is -0.706. The van der Waals surface area contributed by atoms with Crippen molar-refractivity contribution in [3.05, 3.63) is 95.3 Å². The summed E-state index contributed by atoms with van der Waals surface area (Å²) in [6, 6.07) is 18.1. The second kappa shape index (κ2) is 9.09. The predicted molar refractivity (Wildman–Crippen MR) is 135 cm³/mol. The van der Waals surface area contributed by atoms with Crippen LogP contribution in [-0.4, -0.2) is 29.4 Å². The summed E-state index contributed by atoms with van der Waals surface area (Å²) in [4.78, 5) is 19.6. The molecule has 0 aliphatic carbocycles. The molecule has 3 aromatic carbocycles. The van der Waals surface area contributed by atoms with Gasteiger partial charge in [-0.15, -0.1) is 0 Å². The standard InChI is InChI=1S/C28H23FN4O4/c1-16-5-3-7-19(13-16)26-31-27(37-32-26)24-17(2)33(21-9-10-22-23(15-21)36-12-11-35-22)28(34)30-25(24)18-6-4-8-20(29)14-18/h3-10,13-15,25H,11-12H2,1-2H3,(H,30,34). The van der Waals surface area contributed by atoms with Crippen molar-refractivity contribution < 1.29 is 23.2 Å². The first-order valence-corrected chi connectivity index (χ1v) is 11.9. The molecule has 6 rings (SSSR count). The van der Waals surface area contributed by atoms with E-state index in [1.807, 2.05) is 31.2 Å². The zero-order valence-corrected chi connectivity index (χ0v) is 20.2. The minimum Gasteiger partial charge on any atom is -0.486 e. The Morgan fingerprint density at radius 3 is 2.59 bits per heavy atom. The van der Waals surface area contributed by atoms with Crippen molar-refractivity contribution in [1.29, 1.82) is 0 Å². The van der Waals surface area contributed by atoms with E-state index in [2.05, 4.69) is 15.5 Å². The van der Waals surface area contributed by atoms with Crippen LogP contribution < -0.4 is 19.7 Å². The van der Waals surface area contributed by atoms with Gasteiger partial charge in [0, 0.05) is 17.3 Å². The van der Waals surface area contributed by atoms with Crippen molar-refractivity contribution in [2.24, 2.45) is 0 Å². The molecular weight excluding hydrogens is 475 g/mol. The van der Waals surface area contributed by atoms with E-state index in [9.17, 15) is 9.18 Å². The fourth-order valence-corrected chi connectivity index (χ4v) is 4.67. The Morgan fingerprint density at radius 2 is 1.78 bits per heavy atom. The van der Waals surface area contributed by atoms with Crippen LogP contribution in [0.5, 0.6) is 11.5 Å². The van der Waals surface area contributed by atoms with Crippen LogP contribution in [0.25, 0.3) is 17.0 Å². The number of halogens is 1. The summed E-state index contributed by atoms with van der Waals surface area (Å²) in [6.45, 7) is 4.68. The van der Waals surface area contributed by atoms with Crippen molar-refractivity contribution in [3.8, 4) is 22.9 Å². The smallest absolute Gasteiger partial charge is 0.327 e. The molecule has 0 bridgehead atoms. The topological polar surface area (TPSA) is 89.7 Å². The van der Waals surface area contributed by atoms with Gasteiger partial charge in [0.1, 0.15) is 19.0 Å². The first kappa shape index (κ1) is 22.8. The highest BCUT2D eigenvalue weighted by molar-refractivity contribution is 6.01. The number of carbonyl (C=O) groups excluding carboxylic acids is 1. The molecule has 2 amide bonds. The number of allylic oxidation sites excluding steroid dienone is 1. The lowest BCUT2D eigenvalue weighted by molar-refractivity contribution is 0.171. The Bertz CT molecular complexity index is 1550. The van der Waals surface area contributed by atoms with Gasteiger partial charge >= 0.3 is 6.03 Å². The number of rotatable bonds is 4. The SMILES string of the molecule is CC1=C(c2nc(-c3cccc(C)c3)no2)C(c2cccc(F)c2)NC(=O)N1c1ccc2c(c1)OCCO2. The average molecular weight is 499 g/mol. The fourth-order valence-electron chi connectivity index (χ4n) is 4.67. The van der Waals surface area contributed by atoms with Gasteiger partial charge in [0.15, 0.2) is 11.5 Å². The average Bonchev–Trinajstić information content (AvgIpc) is 3.38. The van der Waals surface area contributed by atoms with E-state index < -0.39 is 11.9 Å². The monoisotopic (exact) mass is 498 g/mol. The van der Waals surface area contributed by atoms with Crippen LogP contribution >= 0.6 is 0 Å². The lowest BCUT2D eigenvalue weighted by atomic mass is 9.94. The van der Waals surface area contributed by atoms with Crippen molar-refractivity contribution in [3.63, 3.8) is 0 Å². The number of carbonyl (C=O) groups is 1. The molecule has 186 valence electrons. The molecule has 1 N–H and O–H groups in total. The Balaban J connectivity index is 1.49.